The standard InChI is InChI=1S/C24H30FN7O4/c1-26-16-11-19(27-15-5-4-9-32(24(15)34)17-8-10-31(2)12-13(17)25)29-21-20(16)30-36-22(21)23(33)28-14-6-7-18(14)35-3/h4-5,9,11,13-14,17-18,26H,6-8,10,12H2,1-3H3,(H,27,29)(H,28,33)/t13-,14+,17+,18+/m0/s1. The normalized spacial score (nSPS) is 24.3. The van der Waals surface area contributed by atoms with Crippen LogP contribution in [0.25, 0.3) is 11.0 Å². The first kappa shape index (κ1) is 24.2. The average Bonchev–Trinajstić information content (AvgIpc) is 3.27. The molecule has 1 saturated carbocycles. The number of aromatic nitrogens is 3. The van der Waals surface area contributed by atoms with E-state index in [1.54, 1.807) is 38.6 Å². The number of pyridine rings is 2. The zero-order chi connectivity index (χ0) is 25.4. The van der Waals surface area contributed by atoms with Gasteiger partial charge in [0.15, 0.2) is 5.52 Å². The van der Waals surface area contributed by atoms with Crippen LogP contribution >= 0.6 is 0 Å². The van der Waals surface area contributed by atoms with Gasteiger partial charge in [-0.3, -0.25) is 9.59 Å². The molecule has 11 nitrogen and oxygen atoms in total. The van der Waals surface area contributed by atoms with Gasteiger partial charge in [-0.15, -0.1) is 0 Å². The third kappa shape index (κ3) is 4.42. The van der Waals surface area contributed by atoms with E-state index in [0.717, 1.165) is 12.8 Å². The number of hydrogen-bond acceptors (Lipinski definition) is 9. The topological polar surface area (TPSA) is 127 Å². The van der Waals surface area contributed by atoms with Crippen molar-refractivity contribution in [1.82, 2.24) is 24.9 Å². The highest BCUT2D eigenvalue weighted by molar-refractivity contribution is 6.05. The molecule has 0 spiro atoms. The first-order valence-corrected chi connectivity index (χ1v) is 12.0. The second kappa shape index (κ2) is 9.86. The van der Waals surface area contributed by atoms with Gasteiger partial charge < -0.3 is 34.7 Å². The predicted octanol–water partition coefficient (Wildman–Crippen LogP) is 2.29. The summed E-state index contributed by atoms with van der Waals surface area (Å²) >= 11 is 0. The molecular formula is C24H30FN7O4. The highest BCUT2D eigenvalue weighted by Gasteiger charge is 2.34. The highest BCUT2D eigenvalue weighted by atomic mass is 19.1. The number of methoxy groups -OCH3 is 1. The minimum absolute atomic E-state index is 0.0241. The molecule has 0 radical (unpaired) electrons. The number of nitrogens with zero attached hydrogens (tertiary/aromatic N) is 4. The maximum Gasteiger partial charge on any atom is 0.292 e. The number of alkyl halides is 1. The van der Waals surface area contributed by atoms with Crippen LogP contribution in [0.5, 0.6) is 0 Å². The Hall–Kier alpha value is -3.51. The quantitative estimate of drug-likeness (QED) is 0.449. The number of carbonyl (C=O) groups excluding carboxylic acids is 1. The lowest BCUT2D eigenvalue weighted by Gasteiger charge is -2.35. The average molecular weight is 500 g/mol. The molecule has 4 atom stereocenters. The van der Waals surface area contributed by atoms with Crippen molar-refractivity contribution in [2.45, 2.75) is 43.6 Å². The van der Waals surface area contributed by atoms with Crippen LogP contribution in [0.2, 0.25) is 0 Å². The fraction of sp³-hybridized carbons (Fsp3) is 0.500. The molecule has 3 aromatic heterocycles. The molecule has 1 aliphatic carbocycles. The van der Waals surface area contributed by atoms with Gasteiger partial charge in [-0.2, -0.15) is 0 Å². The Bertz CT molecular complexity index is 1320. The molecule has 0 unspecified atom stereocenters. The summed E-state index contributed by atoms with van der Waals surface area (Å²) in [6.45, 7) is 0.992. The van der Waals surface area contributed by atoms with Crippen LogP contribution in [0, 0.1) is 0 Å². The van der Waals surface area contributed by atoms with Gasteiger partial charge in [0.1, 0.15) is 23.2 Å². The van der Waals surface area contributed by atoms with Gasteiger partial charge in [-0.05, 0) is 38.4 Å². The maximum atomic E-state index is 14.7. The number of ether oxygens (including phenoxy) is 1. The third-order valence-corrected chi connectivity index (χ3v) is 7.05. The van der Waals surface area contributed by atoms with E-state index in [0.29, 0.717) is 30.0 Å². The zero-order valence-electron chi connectivity index (χ0n) is 20.5. The SMILES string of the molecule is CNc1cc(Nc2cccn([C@@H]3CCN(C)C[C@@H]3F)c2=O)nc2c(C(=O)N[C@@H]3CC[C@H]3OC)onc12. The van der Waals surface area contributed by atoms with Gasteiger partial charge in [0.05, 0.1) is 23.9 Å². The molecule has 1 saturated heterocycles. The Kier molecular flexibility index (Phi) is 6.63. The molecule has 36 heavy (non-hydrogen) atoms. The van der Waals surface area contributed by atoms with Crippen molar-refractivity contribution in [3.8, 4) is 0 Å². The number of rotatable bonds is 7. The van der Waals surface area contributed by atoms with Crippen molar-refractivity contribution in [2.24, 2.45) is 0 Å². The number of amides is 1. The summed E-state index contributed by atoms with van der Waals surface area (Å²) < 4.78 is 26.9. The van der Waals surface area contributed by atoms with Crippen LogP contribution in [0.1, 0.15) is 35.9 Å². The molecule has 0 aromatic carbocycles. The van der Waals surface area contributed by atoms with Crippen molar-refractivity contribution in [3.63, 3.8) is 0 Å². The lowest BCUT2D eigenvalue weighted by atomic mass is 9.89. The first-order chi connectivity index (χ1) is 17.4. The fourth-order valence-corrected chi connectivity index (χ4v) is 4.84. The number of likely N-dealkylation sites (tertiary alicyclic amines) is 1. The van der Waals surface area contributed by atoms with Gasteiger partial charge in [-0.1, -0.05) is 5.16 Å². The smallest absolute Gasteiger partial charge is 0.292 e. The number of piperidine rings is 1. The Labute approximate surface area is 207 Å². The molecule has 192 valence electrons. The minimum atomic E-state index is -1.14. The van der Waals surface area contributed by atoms with E-state index >= 15 is 0 Å². The van der Waals surface area contributed by atoms with E-state index in [-0.39, 0.29) is 41.2 Å². The Morgan fingerprint density at radius 2 is 2.08 bits per heavy atom. The van der Waals surface area contributed by atoms with E-state index in [9.17, 15) is 14.0 Å². The van der Waals surface area contributed by atoms with E-state index in [1.807, 2.05) is 11.9 Å². The van der Waals surface area contributed by atoms with Gasteiger partial charge in [0, 0.05) is 39.5 Å². The molecule has 5 rings (SSSR count). The van der Waals surface area contributed by atoms with Crippen LogP contribution in [0.15, 0.2) is 33.7 Å². The van der Waals surface area contributed by atoms with E-state index in [2.05, 4.69) is 26.1 Å². The Morgan fingerprint density at radius 3 is 2.78 bits per heavy atom. The second-order valence-corrected chi connectivity index (χ2v) is 9.34. The van der Waals surface area contributed by atoms with Crippen molar-refractivity contribution >= 4 is 34.1 Å². The van der Waals surface area contributed by atoms with E-state index < -0.39 is 18.1 Å². The second-order valence-electron chi connectivity index (χ2n) is 9.34. The van der Waals surface area contributed by atoms with Crippen molar-refractivity contribution < 1.29 is 18.4 Å². The number of halogens is 1. The molecule has 3 N–H and O–H groups in total. The van der Waals surface area contributed by atoms with E-state index in [1.165, 1.54) is 4.57 Å². The first-order valence-electron chi connectivity index (χ1n) is 12.0. The minimum Gasteiger partial charge on any atom is -0.386 e. The van der Waals surface area contributed by atoms with Gasteiger partial charge in [0.2, 0.25) is 5.76 Å². The molecule has 4 heterocycles. The van der Waals surface area contributed by atoms with Gasteiger partial charge >= 0.3 is 0 Å². The molecular weight excluding hydrogens is 469 g/mol. The number of carbonyl (C=O) groups is 1. The maximum absolute atomic E-state index is 14.7. The number of fused-ring (bicyclic) bond motifs is 1. The Balaban J connectivity index is 1.44. The predicted molar refractivity (Wildman–Crippen MR) is 133 cm³/mol. The monoisotopic (exact) mass is 499 g/mol. The molecule has 12 heteroatoms. The summed E-state index contributed by atoms with van der Waals surface area (Å²) in [4.78, 5) is 32.6. The van der Waals surface area contributed by atoms with Crippen LogP contribution in [0.3, 0.4) is 0 Å². The summed E-state index contributed by atoms with van der Waals surface area (Å²) in [5.41, 5.74) is 1.12. The van der Waals surface area contributed by atoms with Crippen molar-refractivity contribution in [2.75, 3.05) is 44.9 Å². The summed E-state index contributed by atoms with van der Waals surface area (Å²) in [6.07, 6.45) is 2.67. The van der Waals surface area contributed by atoms with Crippen molar-refractivity contribution in [1.29, 1.82) is 0 Å². The molecule has 1 aliphatic heterocycles. The van der Waals surface area contributed by atoms with E-state index in [4.69, 9.17) is 9.26 Å². The summed E-state index contributed by atoms with van der Waals surface area (Å²) in [6, 6.07) is 4.36. The zero-order valence-corrected chi connectivity index (χ0v) is 20.5. The van der Waals surface area contributed by atoms with Crippen LogP contribution in [-0.2, 0) is 4.74 Å². The summed E-state index contributed by atoms with van der Waals surface area (Å²) in [7, 11) is 5.19. The lowest BCUT2D eigenvalue weighted by Crippen LogP contribution is -2.51. The molecule has 3 aromatic rings. The number of nitrogens with one attached hydrogen (secondary N) is 3. The Morgan fingerprint density at radius 1 is 1.25 bits per heavy atom. The largest absolute Gasteiger partial charge is 0.386 e. The number of anilines is 3. The third-order valence-electron chi connectivity index (χ3n) is 7.05. The van der Waals surface area contributed by atoms with Crippen LogP contribution < -0.4 is 21.5 Å². The van der Waals surface area contributed by atoms with Gasteiger partial charge in [-0.25, -0.2) is 9.37 Å². The van der Waals surface area contributed by atoms with Crippen molar-refractivity contribution in [3.05, 3.63) is 40.5 Å². The fourth-order valence-electron chi connectivity index (χ4n) is 4.84. The summed E-state index contributed by atoms with van der Waals surface area (Å²) in [5, 5.41) is 13.0. The molecule has 1 amide bonds. The van der Waals surface area contributed by atoms with Crippen LogP contribution in [-0.4, -0.2) is 78.1 Å². The molecule has 2 aliphatic rings. The van der Waals surface area contributed by atoms with Gasteiger partial charge in [0.25, 0.3) is 11.5 Å². The molecule has 0 bridgehead atoms. The van der Waals surface area contributed by atoms with Crippen LogP contribution in [0.4, 0.5) is 21.6 Å². The summed E-state index contributed by atoms with van der Waals surface area (Å²) in [5.74, 6) is -0.143. The highest BCUT2D eigenvalue weighted by Crippen LogP contribution is 2.29. The molecule has 2 fully saturated rings. The lowest BCUT2D eigenvalue weighted by molar-refractivity contribution is 0.00678. The number of hydrogen-bond donors (Lipinski definition) is 3.